The van der Waals surface area contributed by atoms with Gasteiger partial charge in [0, 0.05) is 12.6 Å². The molecule has 1 amide bonds. The summed E-state index contributed by atoms with van der Waals surface area (Å²) in [6.07, 6.45) is -0.637. The number of carbonyl (C=O) groups excluding carboxylic acids is 2. The predicted octanol–water partition coefficient (Wildman–Crippen LogP) is 6.50. The Bertz CT molecular complexity index is 1290. The third-order valence-corrected chi connectivity index (χ3v) is 5.33. The van der Waals surface area contributed by atoms with Crippen molar-refractivity contribution in [3.05, 3.63) is 82.9 Å². The fourth-order valence-electron chi connectivity index (χ4n) is 3.53. The van der Waals surface area contributed by atoms with Crippen molar-refractivity contribution in [3.8, 4) is 16.9 Å². The maximum absolute atomic E-state index is 13.7. The second-order valence-electron chi connectivity index (χ2n) is 9.38. The molecule has 7 nitrogen and oxygen atoms in total. The number of halogens is 2. The summed E-state index contributed by atoms with van der Waals surface area (Å²) < 4.78 is 43.4. The summed E-state index contributed by atoms with van der Waals surface area (Å²) in [5.41, 5.74) is 5.22. The number of rotatable bonds is 7. The Morgan fingerprint density at radius 3 is 2.27 bits per heavy atom. The van der Waals surface area contributed by atoms with Crippen LogP contribution in [0.15, 0.2) is 54.6 Å². The zero-order valence-corrected chi connectivity index (χ0v) is 21.6. The van der Waals surface area contributed by atoms with Crippen molar-refractivity contribution in [2.75, 3.05) is 19.6 Å². The molecule has 0 atom stereocenters. The Balaban J connectivity index is 1.82. The number of amides is 1. The van der Waals surface area contributed by atoms with Gasteiger partial charge >= 0.3 is 12.1 Å². The number of hydrazine groups is 1. The maximum Gasteiger partial charge on any atom is 0.428 e. The van der Waals surface area contributed by atoms with Crippen LogP contribution in [0.5, 0.6) is 5.75 Å². The zero-order chi connectivity index (χ0) is 27.3. The van der Waals surface area contributed by atoms with Crippen molar-refractivity contribution in [2.45, 2.75) is 39.9 Å². The fraction of sp³-hybridized carbons (Fsp3) is 0.286. The topological polar surface area (TPSA) is 77.1 Å². The summed E-state index contributed by atoms with van der Waals surface area (Å²) in [5.74, 6) is -1.88. The summed E-state index contributed by atoms with van der Waals surface area (Å²) in [5, 5.41) is 1.13. The standard InChI is InChI=1S/C28H30F2N2O5/c1-17-14-23(29)24(30)15-22(17)18-10-12-20(13-11-18)36-16-19-8-7-9-21(26(33)35-6)25(19)31-32(5)27(34)37-28(2,3)4/h7-15,31H,16H2,1-6H3. The van der Waals surface area contributed by atoms with Gasteiger partial charge in [-0.3, -0.25) is 5.43 Å². The van der Waals surface area contributed by atoms with Crippen molar-refractivity contribution < 1.29 is 32.6 Å². The van der Waals surface area contributed by atoms with E-state index in [-0.39, 0.29) is 12.2 Å². The van der Waals surface area contributed by atoms with Gasteiger partial charge in [-0.2, -0.15) is 0 Å². The van der Waals surface area contributed by atoms with E-state index in [4.69, 9.17) is 14.2 Å². The van der Waals surface area contributed by atoms with Gasteiger partial charge in [0.2, 0.25) is 0 Å². The molecule has 0 aliphatic rings. The number of benzene rings is 3. The average molecular weight is 513 g/mol. The van der Waals surface area contributed by atoms with E-state index in [1.807, 2.05) is 0 Å². The van der Waals surface area contributed by atoms with Crippen LogP contribution in [0.1, 0.15) is 42.3 Å². The van der Waals surface area contributed by atoms with Gasteiger partial charge in [-0.05, 0) is 74.7 Å². The normalized spacial score (nSPS) is 11.0. The highest BCUT2D eigenvalue weighted by atomic mass is 19.2. The lowest BCUT2D eigenvalue weighted by Crippen LogP contribution is -2.38. The van der Waals surface area contributed by atoms with E-state index in [2.05, 4.69) is 5.43 Å². The van der Waals surface area contributed by atoms with Gasteiger partial charge in [0.1, 0.15) is 18.0 Å². The first-order chi connectivity index (χ1) is 17.4. The number of hydrogen-bond donors (Lipinski definition) is 1. The summed E-state index contributed by atoms with van der Waals surface area (Å²) in [6, 6.07) is 14.2. The lowest BCUT2D eigenvalue weighted by molar-refractivity contribution is 0.0337. The molecule has 0 saturated carbocycles. The largest absolute Gasteiger partial charge is 0.489 e. The van der Waals surface area contributed by atoms with E-state index < -0.39 is 29.3 Å². The van der Waals surface area contributed by atoms with Crippen LogP contribution >= 0.6 is 0 Å². The monoisotopic (exact) mass is 512 g/mol. The first-order valence-corrected chi connectivity index (χ1v) is 11.5. The molecule has 0 fully saturated rings. The summed E-state index contributed by atoms with van der Waals surface area (Å²) >= 11 is 0. The summed E-state index contributed by atoms with van der Waals surface area (Å²) in [7, 11) is 2.74. The van der Waals surface area contributed by atoms with E-state index in [1.54, 1.807) is 70.2 Å². The highest BCUT2D eigenvalue weighted by Crippen LogP contribution is 2.29. The first-order valence-electron chi connectivity index (χ1n) is 11.5. The minimum atomic E-state index is -0.914. The fourth-order valence-corrected chi connectivity index (χ4v) is 3.53. The number of anilines is 1. The van der Waals surface area contributed by atoms with E-state index in [0.29, 0.717) is 33.7 Å². The van der Waals surface area contributed by atoms with Gasteiger partial charge in [0.05, 0.1) is 18.4 Å². The molecule has 9 heteroatoms. The molecule has 0 unspecified atom stereocenters. The second kappa shape index (κ2) is 11.3. The minimum Gasteiger partial charge on any atom is -0.489 e. The zero-order valence-electron chi connectivity index (χ0n) is 21.6. The molecule has 1 N–H and O–H groups in total. The maximum atomic E-state index is 13.7. The van der Waals surface area contributed by atoms with Crippen LogP contribution in [0, 0.1) is 18.6 Å². The summed E-state index contributed by atoms with van der Waals surface area (Å²) in [4.78, 5) is 24.9. The van der Waals surface area contributed by atoms with Crippen molar-refractivity contribution in [2.24, 2.45) is 0 Å². The Morgan fingerprint density at radius 2 is 1.65 bits per heavy atom. The average Bonchev–Trinajstić information content (AvgIpc) is 2.84. The van der Waals surface area contributed by atoms with Crippen LogP contribution in [0.25, 0.3) is 11.1 Å². The van der Waals surface area contributed by atoms with Gasteiger partial charge in [-0.25, -0.2) is 23.4 Å². The Labute approximate surface area is 214 Å². The third kappa shape index (κ3) is 6.97. The molecule has 3 aromatic rings. The smallest absolute Gasteiger partial charge is 0.428 e. The SMILES string of the molecule is COC(=O)c1cccc(COc2ccc(-c3cc(F)c(F)cc3C)cc2)c1NN(C)C(=O)OC(C)(C)C. The number of esters is 1. The quantitative estimate of drug-likeness (QED) is 0.288. The number of aryl methyl sites for hydroxylation is 1. The lowest BCUT2D eigenvalue weighted by atomic mass is 10.0. The molecular formula is C28H30F2N2O5. The predicted molar refractivity (Wildman–Crippen MR) is 136 cm³/mol. The Morgan fingerprint density at radius 1 is 1.00 bits per heavy atom. The Hall–Kier alpha value is -4.14. The number of ether oxygens (including phenoxy) is 3. The van der Waals surface area contributed by atoms with E-state index >= 15 is 0 Å². The minimum absolute atomic E-state index is 0.0544. The number of para-hydroxylation sites is 1. The molecule has 0 aliphatic carbocycles. The van der Waals surface area contributed by atoms with Crippen molar-refractivity contribution in [3.63, 3.8) is 0 Å². The third-order valence-electron chi connectivity index (χ3n) is 5.33. The number of nitrogens with zero attached hydrogens (tertiary/aromatic N) is 1. The van der Waals surface area contributed by atoms with Gasteiger partial charge in [-0.1, -0.05) is 24.3 Å². The van der Waals surface area contributed by atoms with Crippen LogP contribution < -0.4 is 10.2 Å². The number of carbonyl (C=O) groups is 2. The van der Waals surface area contributed by atoms with E-state index in [9.17, 15) is 18.4 Å². The molecule has 196 valence electrons. The summed E-state index contributed by atoms with van der Waals surface area (Å²) in [6.45, 7) is 7.01. The molecule has 3 aromatic carbocycles. The van der Waals surface area contributed by atoms with Gasteiger partial charge in [0.25, 0.3) is 0 Å². The van der Waals surface area contributed by atoms with Crippen molar-refractivity contribution in [1.29, 1.82) is 0 Å². The molecule has 37 heavy (non-hydrogen) atoms. The molecule has 3 rings (SSSR count). The van der Waals surface area contributed by atoms with E-state index in [1.165, 1.54) is 14.2 Å². The van der Waals surface area contributed by atoms with Crippen LogP contribution in [-0.4, -0.2) is 36.8 Å². The molecule has 0 aromatic heterocycles. The molecule has 0 aliphatic heterocycles. The van der Waals surface area contributed by atoms with Crippen molar-refractivity contribution in [1.82, 2.24) is 5.01 Å². The van der Waals surface area contributed by atoms with Gasteiger partial charge < -0.3 is 14.2 Å². The highest BCUT2D eigenvalue weighted by Gasteiger charge is 2.23. The van der Waals surface area contributed by atoms with Gasteiger partial charge in [-0.15, -0.1) is 0 Å². The number of hydrogen-bond acceptors (Lipinski definition) is 6. The molecule has 0 bridgehead atoms. The Kier molecular flexibility index (Phi) is 8.37. The highest BCUT2D eigenvalue weighted by molar-refractivity contribution is 5.96. The van der Waals surface area contributed by atoms with E-state index in [0.717, 1.165) is 17.1 Å². The second-order valence-corrected chi connectivity index (χ2v) is 9.38. The van der Waals surface area contributed by atoms with Crippen LogP contribution in [0.3, 0.4) is 0 Å². The number of methoxy groups -OCH3 is 1. The van der Waals surface area contributed by atoms with Crippen LogP contribution in [-0.2, 0) is 16.1 Å². The number of nitrogens with one attached hydrogen (secondary N) is 1. The first kappa shape index (κ1) is 27.4. The molecule has 0 spiro atoms. The van der Waals surface area contributed by atoms with Crippen LogP contribution in [0.2, 0.25) is 0 Å². The van der Waals surface area contributed by atoms with Crippen molar-refractivity contribution >= 4 is 17.7 Å². The molecule has 0 radical (unpaired) electrons. The molecule has 0 saturated heterocycles. The van der Waals surface area contributed by atoms with Gasteiger partial charge in [0.15, 0.2) is 11.6 Å². The molecular weight excluding hydrogens is 482 g/mol. The molecule has 0 heterocycles. The lowest BCUT2D eigenvalue weighted by Gasteiger charge is -2.27. The van der Waals surface area contributed by atoms with Crippen LogP contribution in [0.4, 0.5) is 19.3 Å².